The highest BCUT2D eigenvalue weighted by molar-refractivity contribution is 6.04. The zero-order valence-electron chi connectivity index (χ0n) is 11.0. The van der Waals surface area contributed by atoms with Crippen LogP contribution in [-0.2, 0) is 4.79 Å². The third kappa shape index (κ3) is 1.99. The molecule has 2 aliphatic rings. The summed E-state index contributed by atoms with van der Waals surface area (Å²) in [5.41, 5.74) is 8.72. The summed E-state index contributed by atoms with van der Waals surface area (Å²) in [6.07, 6.45) is 2.34. The van der Waals surface area contributed by atoms with E-state index in [0.29, 0.717) is 12.6 Å². The highest BCUT2D eigenvalue weighted by Crippen LogP contribution is 2.39. The first-order valence-electron chi connectivity index (χ1n) is 6.68. The summed E-state index contributed by atoms with van der Waals surface area (Å²) in [5, 5.41) is 9.18. The van der Waals surface area contributed by atoms with E-state index in [0.717, 1.165) is 16.9 Å². The molecule has 0 spiro atoms. The third-order valence-electron chi connectivity index (χ3n) is 3.97. The first-order valence-corrected chi connectivity index (χ1v) is 6.68. The topological polar surface area (TPSA) is 69.8 Å². The number of benzene rings is 1. The van der Waals surface area contributed by atoms with E-state index in [4.69, 9.17) is 5.73 Å². The molecule has 5 heteroatoms. The van der Waals surface area contributed by atoms with Gasteiger partial charge in [0.1, 0.15) is 6.04 Å². The van der Waals surface area contributed by atoms with Crippen LogP contribution in [0.5, 0.6) is 0 Å². The number of hydrogen-bond donors (Lipinski definition) is 2. The molecule has 0 bridgehead atoms. The molecule has 1 saturated carbocycles. The second-order valence-electron chi connectivity index (χ2n) is 5.27. The van der Waals surface area contributed by atoms with Crippen molar-refractivity contribution in [2.75, 3.05) is 30.0 Å². The first kappa shape index (κ1) is 12.4. The van der Waals surface area contributed by atoms with E-state index in [1.807, 2.05) is 18.2 Å². The normalized spacial score (nSPS) is 21.7. The van der Waals surface area contributed by atoms with Gasteiger partial charge in [0.25, 0.3) is 0 Å². The van der Waals surface area contributed by atoms with Gasteiger partial charge in [-0.2, -0.15) is 0 Å². The molecule has 19 heavy (non-hydrogen) atoms. The number of amides is 1. The number of carbonyl (C=O) groups excluding carboxylic acids is 1. The Morgan fingerprint density at radius 3 is 2.84 bits per heavy atom. The minimum Gasteiger partial charge on any atom is -0.395 e. The lowest BCUT2D eigenvalue weighted by atomic mass is 10.1. The van der Waals surface area contributed by atoms with Crippen LogP contribution in [0.1, 0.15) is 24.4 Å². The van der Waals surface area contributed by atoms with E-state index in [-0.39, 0.29) is 12.5 Å². The molecule has 1 fully saturated rings. The molecule has 102 valence electrons. The highest BCUT2D eigenvalue weighted by atomic mass is 16.3. The van der Waals surface area contributed by atoms with E-state index in [1.54, 1.807) is 11.9 Å². The second kappa shape index (κ2) is 4.51. The number of likely N-dealkylation sites (N-methyl/N-ethyl adjacent to an activating group) is 1. The molecule has 1 amide bonds. The Bertz CT molecular complexity index is 513. The Kier molecular flexibility index (Phi) is 2.95. The molecule has 5 nitrogen and oxygen atoms in total. The van der Waals surface area contributed by atoms with Gasteiger partial charge in [0, 0.05) is 30.9 Å². The summed E-state index contributed by atoms with van der Waals surface area (Å²) in [6.45, 7) is 0.773. The molecule has 0 radical (unpaired) electrons. The van der Waals surface area contributed by atoms with Crippen LogP contribution in [0.15, 0.2) is 18.2 Å². The minimum absolute atomic E-state index is 0.0627. The molecule has 1 aromatic carbocycles. The van der Waals surface area contributed by atoms with Gasteiger partial charge in [0.15, 0.2) is 0 Å². The van der Waals surface area contributed by atoms with Crippen LogP contribution in [0.25, 0.3) is 0 Å². The number of carbonyl (C=O) groups is 1. The van der Waals surface area contributed by atoms with Crippen LogP contribution in [0, 0.1) is 0 Å². The summed E-state index contributed by atoms with van der Waals surface area (Å²) >= 11 is 0. The SMILES string of the molecule is CN1C(=O)C(N)c2ccc(N(CCO)C3CC3)cc21. The quantitative estimate of drug-likeness (QED) is 0.834. The van der Waals surface area contributed by atoms with Crippen LogP contribution in [0.2, 0.25) is 0 Å². The number of aliphatic hydroxyl groups is 1. The zero-order valence-corrected chi connectivity index (χ0v) is 11.0. The Labute approximate surface area is 112 Å². The van der Waals surface area contributed by atoms with E-state index in [2.05, 4.69) is 4.90 Å². The lowest BCUT2D eigenvalue weighted by molar-refractivity contribution is -0.118. The summed E-state index contributed by atoms with van der Waals surface area (Å²) < 4.78 is 0. The molecule has 0 saturated heterocycles. The zero-order chi connectivity index (χ0) is 13.6. The van der Waals surface area contributed by atoms with Crippen molar-refractivity contribution in [3.05, 3.63) is 23.8 Å². The maximum atomic E-state index is 11.9. The van der Waals surface area contributed by atoms with Gasteiger partial charge in [-0.25, -0.2) is 0 Å². The smallest absolute Gasteiger partial charge is 0.248 e. The van der Waals surface area contributed by atoms with Crippen LogP contribution in [0.4, 0.5) is 11.4 Å². The minimum atomic E-state index is -0.540. The summed E-state index contributed by atoms with van der Waals surface area (Å²) in [7, 11) is 1.76. The van der Waals surface area contributed by atoms with E-state index >= 15 is 0 Å². The molecule has 1 unspecified atom stereocenters. The van der Waals surface area contributed by atoms with Gasteiger partial charge in [-0.3, -0.25) is 4.79 Å². The fourth-order valence-electron chi connectivity index (χ4n) is 2.74. The molecule has 1 heterocycles. The summed E-state index contributed by atoms with van der Waals surface area (Å²) in [5.74, 6) is -0.0627. The Balaban J connectivity index is 1.95. The van der Waals surface area contributed by atoms with Gasteiger partial charge in [0.05, 0.1) is 12.3 Å². The Morgan fingerprint density at radius 1 is 1.47 bits per heavy atom. The van der Waals surface area contributed by atoms with Crippen molar-refractivity contribution in [1.29, 1.82) is 0 Å². The lowest BCUT2D eigenvalue weighted by Crippen LogP contribution is -2.29. The number of anilines is 2. The van der Waals surface area contributed by atoms with Crippen LogP contribution in [0.3, 0.4) is 0 Å². The van der Waals surface area contributed by atoms with Crippen LogP contribution < -0.4 is 15.5 Å². The number of hydrogen-bond acceptors (Lipinski definition) is 4. The maximum absolute atomic E-state index is 11.9. The molecule has 1 aliphatic heterocycles. The molecular formula is C14H19N3O2. The molecule has 3 rings (SSSR count). The van der Waals surface area contributed by atoms with Crippen molar-refractivity contribution in [2.45, 2.75) is 24.9 Å². The highest BCUT2D eigenvalue weighted by Gasteiger charge is 2.34. The van der Waals surface area contributed by atoms with E-state index in [1.165, 1.54) is 12.8 Å². The average Bonchev–Trinajstić information content (AvgIpc) is 3.23. The molecule has 1 atom stereocenters. The summed E-state index contributed by atoms with van der Waals surface area (Å²) in [4.78, 5) is 15.7. The first-order chi connectivity index (χ1) is 9.13. The average molecular weight is 261 g/mol. The molecule has 1 aliphatic carbocycles. The van der Waals surface area contributed by atoms with Crippen molar-refractivity contribution in [1.82, 2.24) is 0 Å². The van der Waals surface area contributed by atoms with Crippen molar-refractivity contribution >= 4 is 17.3 Å². The van der Waals surface area contributed by atoms with Crippen molar-refractivity contribution < 1.29 is 9.90 Å². The predicted octanol–water partition coefficient (Wildman–Crippen LogP) is 0.624. The van der Waals surface area contributed by atoms with Gasteiger partial charge >= 0.3 is 0 Å². The molecule has 1 aromatic rings. The fourth-order valence-corrected chi connectivity index (χ4v) is 2.74. The second-order valence-corrected chi connectivity index (χ2v) is 5.27. The van der Waals surface area contributed by atoms with Crippen molar-refractivity contribution in [2.24, 2.45) is 5.73 Å². The molecule has 3 N–H and O–H groups in total. The van der Waals surface area contributed by atoms with Crippen LogP contribution >= 0.6 is 0 Å². The van der Waals surface area contributed by atoms with Gasteiger partial charge in [-0.1, -0.05) is 6.07 Å². The van der Waals surface area contributed by atoms with E-state index in [9.17, 15) is 9.90 Å². The number of aliphatic hydroxyl groups excluding tert-OH is 1. The maximum Gasteiger partial charge on any atom is 0.248 e. The largest absolute Gasteiger partial charge is 0.395 e. The molecular weight excluding hydrogens is 242 g/mol. The summed E-state index contributed by atoms with van der Waals surface area (Å²) in [6, 6.07) is 5.93. The Morgan fingerprint density at radius 2 is 2.21 bits per heavy atom. The Hall–Kier alpha value is -1.59. The van der Waals surface area contributed by atoms with E-state index < -0.39 is 6.04 Å². The predicted molar refractivity (Wildman–Crippen MR) is 74.2 cm³/mol. The monoisotopic (exact) mass is 261 g/mol. The number of rotatable bonds is 4. The van der Waals surface area contributed by atoms with Crippen molar-refractivity contribution in [3.8, 4) is 0 Å². The fraction of sp³-hybridized carbons (Fsp3) is 0.500. The number of nitrogens with two attached hydrogens (primary N) is 1. The van der Waals surface area contributed by atoms with Gasteiger partial charge in [-0.05, 0) is 25.0 Å². The van der Waals surface area contributed by atoms with Gasteiger partial charge in [-0.15, -0.1) is 0 Å². The number of nitrogens with zero attached hydrogens (tertiary/aromatic N) is 2. The van der Waals surface area contributed by atoms with Gasteiger partial charge in [0.2, 0.25) is 5.91 Å². The number of fused-ring (bicyclic) bond motifs is 1. The lowest BCUT2D eigenvalue weighted by Gasteiger charge is -2.25. The standard InChI is InChI=1S/C14H19N3O2/c1-16-12-8-10(17(6-7-18)9-2-3-9)4-5-11(12)13(15)14(16)19/h4-5,8-9,13,18H,2-3,6-7,15H2,1H3. The third-order valence-corrected chi connectivity index (χ3v) is 3.97. The molecule has 0 aromatic heterocycles. The van der Waals surface area contributed by atoms with Gasteiger partial charge < -0.3 is 20.6 Å². The van der Waals surface area contributed by atoms with Crippen molar-refractivity contribution in [3.63, 3.8) is 0 Å². The van der Waals surface area contributed by atoms with Crippen LogP contribution in [-0.4, -0.2) is 37.3 Å².